The van der Waals surface area contributed by atoms with Crippen LogP contribution in [0.15, 0.2) is 12.4 Å². The Bertz CT molecular complexity index is 675. The minimum Gasteiger partial charge on any atom is -0.384 e. The topological polar surface area (TPSA) is 142 Å². The first kappa shape index (κ1) is 15.6. The Hall–Kier alpha value is -2.82. The van der Waals surface area contributed by atoms with Crippen LogP contribution in [0.4, 0.5) is 11.6 Å². The highest BCUT2D eigenvalue weighted by Crippen LogP contribution is 2.29. The molecule has 1 N–H and O–H groups in total. The minimum atomic E-state index is -1.15. The van der Waals surface area contributed by atoms with Gasteiger partial charge in [0.05, 0.1) is 0 Å². The standard InChI is InChI=1S/C11H14N6O5/c1-6(18)11(14-7(2)12-4-9(14)16(19)20)15-8(3)13-5-10(15)17(21)22/h4-6,11,18H,1-3H3. The first-order valence-corrected chi connectivity index (χ1v) is 6.30. The van der Waals surface area contributed by atoms with Gasteiger partial charge < -0.3 is 25.3 Å². The molecule has 0 amide bonds. The largest absolute Gasteiger partial charge is 0.384 e. The van der Waals surface area contributed by atoms with E-state index in [-0.39, 0.29) is 23.3 Å². The van der Waals surface area contributed by atoms with E-state index in [1.807, 2.05) is 0 Å². The number of aliphatic hydroxyl groups excluding tert-OH is 1. The molecule has 0 aliphatic heterocycles. The third kappa shape index (κ3) is 2.41. The molecule has 2 heterocycles. The van der Waals surface area contributed by atoms with Gasteiger partial charge in [0.15, 0.2) is 11.6 Å². The molecule has 0 aliphatic rings. The summed E-state index contributed by atoms with van der Waals surface area (Å²) in [6.45, 7) is 4.41. The van der Waals surface area contributed by atoms with E-state index >= 15 is 0 Å². The third-order valence-electron chi connectivity index (χ3n) is 3.26. The van der Waals surface area contributed by atoms with Crippen molar-refractivity contribution in [2.24, 2.45) is 0 Å². The second-order valence-corrected chi connectivity index (χ2v) is 4.74. The van der Waals surface area contributed by atoms with Crippen LogP contribution in [0.3, 0.4) is 0 Å². The third-order valence-corrected chi connectivity index (χ3v) is 3.26. The smallest absolute Gasteiger partial charge is 0.346 e. The van der Waals surface area contributed by atoms with Crippen molar-refractivity contribution in [2.45, 2.75) is 33.0 Å². The van der Waals surface area contributed by atoms with E-state index in [1.54, 1.807) is 0 Å². The fourth-order valence-corrected chi connectivity index (χ4v) is 2.35. The molecule has 2 aromatic rings. The number of hydrogen-bond donors (Lipinski definition) is 1. The molecule has 0 saturated heterocycles. The highest BCUT2D eigenvalue weighted by molar-refractivity contribution is 5.25. The van der Waals surface area contributed by atoms with Gasteiger partial charge in [-0.05, 0) is 16.8 Å². The number of aryl methyl sites for hydroxylation is 2. The van der Waals surface area contributed by atoms with Gasteiger partial charge >= 0.3 is 11.6 Å². The summed E-state index contributed by atoms with van der Waals surface area (Å²) in [4.78, 5) is 28.7. The maximum atomic E-state index is 11.1. The molecule has 0 radical (unpaired) electrons. The molecule has 1 unspecified atom stereocenters. The number of nitro groups is 2. The van der Waals surface area contributed by atoms with Crippen molar-refractivity contribution in [2.75, 3.05) is 0 Å². The molecular weight excluding hydrogens is 296 g/mol. The van der Waals surface area contributed by atoms with Crippen molar-refractivity contribution in [1.29, 1.82) is 0 Å². The summed E-state index contributed by atoms with van der Waals surface area (Å²) < 4.78 is 2.29. The van der Waals surface area contributed by atoms with Crippen molar-refractivity contribution < 1.29 is 15.0 Å². The fraction of sp³-hybridized carbons (Fsp3) is 0.455. The lowest BCUT2D eigenvalue weighted by atomic mass is 10.3. The normalized spacial score (nSPS) is 12.6. The van der Waals surface area contributed by atoms with E-state index in [2.05, 4.69) is 9.97 Å². The molecule has 2 aromatic heterocycles. The van der Waals surface area contributed by atoms with Gasteiger partial charge in [-0.1, -0.05) is 0 Å². The molecule has 0 bridgehead atoms. The van der Waals surface area contributed by atoms with Crippen molar-refractivity contribution in [3.63, 3.8) is 0 Å². The fourth-order valence-electron chi connectivity index (χ4n) is 2.35. The zero-order chi connectivity index (χ0) is 16.6. The molecule has 0 fully saturated rings. The Kier molecular flexibility index (Phi) is 3.91. The van der Waals surface area contributed by atoms with Crippen molar-refractivity contribution in [1.82, 2.24) is 19.1 Å². The SMILES string of the molecule is Cc1ncc([N+](=O)[O-])n1C(C(C)O)n1c([N+](=O)[O-])cnc1C. The van der Waals surface area contributed by atoms with E-state index in [9.17, 15) is 25.3 Å². The average Bonchev–Trinajstić information content (AvgIpc) is 2.95. The number of nitrogens with zero attached hydrogens (tertiary/aromatic N) is 6. The Labute approximate surface area is 124 Å². The zero-order valence-electron chi connectivity index (χ0n) is 12.1. The van der Waals surface area contributed by atoms with E-state index in [4.69, 9.17) is 0 Å². The highest BCUT2D eigenvalue weighted by atomic mass is 16.6. The van der Waals surface area contributed by atoms with Crippen LogP contribution in [0.1, 0.15) is 24.7 Å². The van der Waals surface area contributed by atoms with Crippen LogP contribution >= 0.6 is 0 Å². The van der Waals surface area contributed by atoms with Gasteiger partial charge in [0.1, 0.15) is 18.5 Å². The van der Waals surface area contributed by atoms with Crippen LogP contribution in [0.5, 0.6) is 0 Å². The molecule has 11 nitrogen and oxygen atoms in total. The lowest BCUT2D eigenvalue weighted by molar-refractivity contribution is -0.396. The molecule has 118 valence electrons. The first-order chi connectivity index (χ1) is 10.3. The molecule has 11 heteroatoms. The highest BCUT2D eigenvalue weighted by Gasteiger charge is 2.38. The first-order valence-electron chi connectivity index (χ1n) is 6.30. The Morgan fingerprint density at radius 2 is 1.41 bits per heavy atom. The van der Waals surface area contributed by atoms with E-state index in [0.29, 0.717) is 0 Å². The van der Waals surface area contributed by atoms with Crippen LogP contribution in [0.2, 0.25) is 0 Å². The summed E-state index contributed by atoms with van der Waals surface area (Å²) in [7, 11) is 0. The molecule has 0 aromatic carbocycles. The van der Waals surface area contributed by atoms with E-state index in [1.165, 1.54) is 20.8 Å². The van der Waals surface area contributed by atoms with Gasteiger partial charge in [0.2, 0.25) is 0 Å². The number of hydrogen-bond acceptors (Lipinski definition) is 7. The molecule has 0 aliphatic carbocycles. The Morgan fingerprint density at radius 3 is 1.68 bits per heavy atom. The van der Waals surface area contributed by atoms with Gasteiger partial charge in [0, 0.05) is 13.8 Å². The summed E-state index contributed by atoms with van der Waals surface area (Å²) >= 11 is 0. The summed E-state index contributed by atoms with van der Waals surface area (Å²) in [5, 5.41) is 32.4. The molecule has 1 atom stereocenters. The summed E-state index contributed by atoms with van der Waals surface area (Å²) in [5.74, 6) is -0.239. The van der Waals surface area contributed by atoms with Crippen LogP contribution in [-0.4, -0.2) is 40.2 Å². The maximum Gasteiger partial charge on any atom is 0.346 e. The predicted molar refractivity (Wildman–Crippen MR) is 73.4 cm³/mol. The number of imidazole rings is 2. The van der Waals surface area contributed by atoms with Gasteiger partial charge in [-0.2, -0.15) is 9.13 Å². The molecule has 0 saturated carbocycles. The average molecular weight is 310 g/mol. The predicted octanol–water partition coefficient (Wildman–Crippen LogP) is 0.941. The van der Waals surface area contributed by atoms with Gasteiger partial charge in [-0.25, -0.2) is 9.97 Å². The van der Waals surface area contributed by atoms with Crippen LogP contribution in [-0.2, 0) is 0 Å². The summed E-state index contributed by atoms with van der Waals surface area (Å²) in [5.41, 5.74) is 0. The zero-order valence-corrected chi connectivity index (χ0v) is 12.1. The summed E-state index contributed by atoms with van der Waals surface area (Å²) in [6, 6.07) is 0. The van der Waals surface area contributed by atoms with Crippen LogP contribution in [0, 0.1) is 34.1 Å². The molecular formula is C11H14N6O5. The number of aromatic nitrogens is 4. The summed E-state index contributed by atoms with van der Waals surface area (Å²) in [6.07, 6.45) is -0.171. The van der Waals surface area contributed by atoms with Gasteiger partial charge in [-0.3, -0.25) is 0 Å². The van der Waals surface area contributed by atoms with E-state index in [0.717, 1.165) is 21.5 Å². The van der Waals surface area contributed by atoms with E-state index < -0.39 is 22.1 Å². The van der Waals surface area contributed by atoms with Crippen molar-refractivity contribution >= 4 is 11.6 Å². The molecule has 0 spiro atoms. The second kappa shape index (κ2) is 5.52. The van der Waals surface area contributed by atoms with Gasteiger partial charge in [-0.15, -0.1) is 0 Å². The minimum absolute atomic E-state index is 0.250. The van der Waals surface area contributed by atoms with Gasteiger partial charge in [0.25, 0.3) is 6.17 Å². The van der Waals surface area contributed by atoms with Crippen LogP contribution < -0.4 is 0 Å². The van der Waals surface area contributed by atoms with Crippen molar-refractivity contribution in [3.05, 3.63) is 44.3 Å². The maximum absolute atomic E-state index is 11.1. The quantitative estimate of drug-likeness (QED) is 0.639. The van der Waals surface area contributed by atoms with Crippen molar-refractivity contribution in [3.8, 4) is 0 Å². The lowest BCUT2D eigenvalue weighted by Crippen LogP contribution is -2.31. The second-order valence-electron chi connectivity index (χ2n) is 4.74. The number of aliphatic hydroxyl groups is 1. The lowest BCUT2D eigenvalue weighted by Gasteiger charge is -2.18. The Morgan fingerprint density at radius 1 is 1.05 bits per heavy atom. The molecule has 2 rings (SSSR count). The Balaban J connectivity index is 2.73. The number of rotatable bonds is 5. The van der Waals surface area contributed by atoms with Crippen LogP contribution in [0.25, 0.3) is 0 Å². The molecule has 22 heavy (non-hydrogen) atoms. The monoisotopic (exact) mass is 310 g/mol.